The van der Waals surface area contributed by atoms with Crippen LogP contribution in [0.4, 0.5) is 5.82 Å². The molecule has 0 unspecified atom stereocenters. The minimum atomic E-state index is -0.335. The van der Waals surface area contributed by atoms with Crippen molar-refractivity contribution in [3.8, 4) is 17.0 Å². The molecule has 28 heavy (non-hydrogen) atoms. The van der Waals surface area contributed by atoms with Crippen molar-refractivity contribution in [1.82, 2.24) is 19.6 Å². The fourth-order valence-electron chi connectivity index (χ4n) is 3.08. The number of anilines is 1. The van der Waals surface area contributed by atoms with Crippen molar-refractivity contribution < 1.29 is 9.53 Å². The van der Waals surface area contributed by atoms with Crippen molar-refractivity contribution in [1.29, 1.82) is 0 Å². The molecule has 1 aromatic carbocycles. The first-order valence-electron chi connectivity index (χ1n) is 8.70. The zero-order chi connectivity index (χ0) is 19.7. The number of nitrogens with zero attached hydrogens (tertiary/aromatic N) is 4. The molecular formula is C19H19N5O3S. The number of amides is 1. The maximum atomic E-state index is 12.5. The van der Waals surface area contributed by atoms with Crippen LogP contribution in [0.2, 0.25) is 0 Å². The van der Waals surface area contributed by atoms with Gasteiger partial charge in [-0.05, 0) is 30.3 Å². The topological polar surface area (TPSA) is 91.0 Å². The number of carbonyl (C=O) groups is 1. The molecule has 0 aliphatic carbocycles. The lowest BCUT2D eigenvalue weighted by molar-refractivity contribution is -0.117. The monoisotopic (exact) mass is 397 g/mol. The van der Waals surface area contributed by atoms with E-state index >= 15 is 0 Å². The summed E-state index contributed by atoms with van der Waals surface area (Å²) in [5.74, 6) is 2.78. The number of benzene rings is 1. The number of methoxy groups -OCH3 is 1. The summed E-state index contributed by atoms with van der Waals surface area (Å²) in [5, 5.41) is 11.6. The fraction of sp³-hybridized carbons (Fsp3) is 0.263. The van der Waals surface area contributed by atoms with Crippen molar-refractivity contribution in [3.63, 3.8) is 0 Å². The van der Waals surface area contributed by atoms with Gasteiger partial charge in [0.1, 0.15) is 18.1 Å². The van der Waals surface area contributed by atoms with Crippen LogP contribution < -0.4 is 15.6 Å². The van der Waals surface area contributed by atoms with E-state index in [0.717, 1.165) is 34.1 Å². The molecule has 144 valence electrons. The second kappa shape index (κ2) is 7.51. The molecule has 9 heteroatoms. The molecule has 0 spiro atoms. The average molecular weight is 397 g/mol. The first-order valence-corrected chi connectivity index (χ1v) is 9.85. The van der Waals surface area contributed by atoms with Gasteiger partial charge in [0, 0.05) is 35.7 Å². The Bertz CT molecular complexity index is 1090. The molecule has 3 aromatic rings. The number of aromatic nitrogens is 4. The van der Waals surface area contributed by atoms with Crippen LogP contribution in [-0.4, -0.2) is 32.6 Å². The summed E-state index contributed by atoms with van der Waals surface area (Å²) in [6, 6.07) is 10.4. The number of hydrogen-bond donors (Lipinski definition) is 1. The molecule has 0 bridgehead atoms. The Hall–Kier alpha value is -3.07. The highest BCUT2D eigenvalue weighted by molar-refractivity contribution is 7.98. The summed E-state index contributed by atoms with van der Waals surface area (Å²) in [6.07, 6.45) is 0. The number of hydrogen-bond acceptors (Lipinski definition) is 6. The van der Waals surface area contributed by atoms with Gasteiger partial charge < -0.3 is 10.1 Å². The molecule has 2 aromatic heterocycles. The first-order chi connectivity index (χ1) is 13.5. The molecule has 1 amide bonds. The number of carbonyl (C=O) groups excluding carboxylic acids is 1. The lowest BCUT2D eigenvalue weighted by Crippen LogP contribution is -2.30. The zero-order valence-electron chi connectivity index (χ0n) is 15.5. The van der Waals surface area contributed by atoms with E-state index in [-0.39, 0.29) is 18.0 Å². The van der Waals surface area contributed by atoms with E-state index in [1.54, 1.807) is 36.7 Å². The standard InChI is InChI=1S/C19H19N5O3S/c1-23-19(14-10-28-11-16(14)21-23)20-17(25)9-24-18(26)8-7-15(22-24)12-3-5-13(27-2)6-4-12/h3-8H,9-11H2,1-2H3,(H,20,25). The summed E-state index contributed by atoms with van der Waals surface area (Å²) in [7, 11) is 3.40. The van der Waals surface area contributed by atoms with Gasteiger partial charge in [0.25, 0.3) is 5.56 Å². The van der Waals surface area contributed by atoms with Gasteiger partial charge in [0.15, 0.2) is 0 Å². The average Bonchev–Trinajstić information content (AvgIpc) is 3.26. The molecule has 3 heterocycles. The minimum absolute atomic E-state index is 0.171. The van der Waals surface area contributed by atoms with Gasteiger partial charge in [-0.2, -0.15) is 22.0 Å². The minimum Gasteiger partial charge on any atom is -0.497 e. The first kappa shape index (κ1) is 18.3. The van der Waals surface area contributed by atoms with Crippen molar-refractivity contribution >= 4 is 23.5 Å². The Labute approximate surface area is 165 Å². The maximum Gasteiger partial charge on any atom is 0.267 e. The third-order valence-electron chi connectivity index (χ3n) is 4.52. The molecule has 4 rings (SSSR count). The van der Waals surface area contributed by atoms with E-state index < -0.39 is 0 Å². The summed E-state index contributed by atoms with van der Waals surface area (Å²) in [4.78, 5) is 24.7. The van der Waals surface area contributed by atoms with Gasteiger partial charge in [0.2, 0.25) is 5.91 Å². The van der Waals surface area contributed by atoms with E-state index in [4.69, 9.17) is 4.74 Å². The third kappa shape index (κ3) is 3.53. The number of aryl methyl sites for hydroxylation is 1. The molecule has 1 N–H and O–H groups in total. The number of rotatable bonds is 5. The predicted octanol–water partition coefficient (Wildman–Crippen LogP) is 2.04. The van der Waals surface area contributed by atoms with Crippen molar-refractivity contribution in [3.05, 3.63) is 58.0 Å². The molecule has 8 nitrogen and oxygen atoms in total. The van der Waals surface area contributed by atoms with Crippen LogP contribution in [0.1, 0.15) is 11.3 Å². The normalized spacial score (nSPS) is 12.6. The van der Waals surface area contributed by atoms with Crippen LogP contribution in [0.15, 0.2) is 41.2 Å². The van der Waals surface area contributed by atoms with Gasteiger partial charge in [-0.3, -0.25) is 14.3 Å². The SMILES string of the molecule is COc1ccc(-c2ccc(=O)n(CC(=O)Nc3c4c(nn3C)CSC4)n2)cc1. The summed E-state index contributed by atoms with van der Waals surface area (Å²) < 4.78 is 7.99. The van der Waals surface area contributed by atoms with Crippen LogP contribution >= 0.6 is 11.8 Å². The van der Waals surface area contributed by atoms with Crippen LogP contribution in [-0.2, 0) is 29.9 Å². The Morgan fingerprint density at radius 3 is 2.71 bits per heavy atom. The van der Waals surface area contributed by atoms with Gasteiger partial charge in [-0.15, -0.1) is 0 Å². The van der Waals surface area contributed by atoms with Gasteiger partial charge in [-0.25, -0.2) is 4.68 Å². The summed E-state index contributed by atoms with van der Waals surface area (Å²) in [6.45, 7) is -0.171. The van der Waals surface area contributed by atoms with Gasteiger partial charge in [-0.1, -0.05) is 0 Å². The molecule has 1 aliphatic rings. The predicted molar refractivity (Wildman–Crippen MR) is 107 cm³/mol. The van der Waals surface area contributed by atoms with Crippen molar-refractivity contribution in [2.75, 3.05) is 12.4 Å². The second-order valence-electron chi connectivity index (χ2n) is 6.38. The Morgan fingerprint density at radius 2 is 1.96 bits per heavy atom. The Balaban J connectivity index is 1.54. The maximum absolute atomic E-state index is 12.5. The van der Waals surface area contributed by atoms with Crippen LogP contribution in [0.3, 0.4) is 0 Å². The second-order valence-corrected chi connectivity index (χ2v) is 7.37. The van der Waals surface area contributed by atoms with Gasteiger partial charge >= 0.3 is 0 Å². The highest BCUT2D eigenvalue weighted by Gasteiger charge is 2.22. The zero-order valence-corrected chi connectivity index (χ0v) is 16.3. The Kier molecular flexibility index (Phi) is 4.91. The van der Waals surface area contributed by atoms with E-state index in [2.05, 4.69) is 15.5 Å². The largest absolute Gasteiger partial charge is 0.497 e. The van der Waals surface area contributed by atoms with Crippen LogP contribution in [0.25, 0.3) is 11.3 Å². The van der Waals surface area contributed by atoms with Crippen LogP contribution in [0, 0.1) is 0 Å². The van der Waals surface area contributed by atoms with E-state index in [1.165, 1.54) is 10.7 Å². The van der Waals surface area contributed by atoms with Crippen molar-refractivity contribution in [2.45, 2.75) is 18.1 Å². The van der Waals surface area contributed by atoms with E-state index in [1.807, 2.05) is 24.3 Å². The molecule has 0 fully saturated rings. The smallest absolute Gasteiger partial charge is 0.267 e. The van der Waals surface area contributed by atoms with Crippen LogP contribution in [0.5, 0.6) is 5.75 Å². The fourth-order valence-corrected chi connectivity index (χ4v) is 4.12. The molecule has 0 radical (unpaired) electrons. The highest BCUT2D eigenvalue weighted by Crippen LogP contribution is 2.34. The van der Waals surface area contributed by atoms with Crippen molar-refractivity contribution in [2.24, 2.45) is 7.05 Å². The molecule has 0 atom stereocenters. The molecule has 0 saturated heterocycles. The summed E-state index contributed by atoms with van der Waals surface area (Å²) in [5.41, 5.74) is 3.15. The van der Waals surface area contributed by atoms with Gasteiger partial charge in [0.05, 0.1) is 18.5 Å². The number of nitrogens with one attached hydrogen (secondary N) is 1. The number of fused-ring (bicyclic) bond motifs is 1. The molecule has 1 aliphatic heterocycles. The lowest BCUT2D eigenvalue weighted by Gasteiger charge is -2.10. The highest BCUT2D eigenvalue weighted by atomic mass is 32.2. The molecule has 0 saturated carbocycles. The van der Waals surface area contributed by atoms with E-state index in [9.17, 15) is 9.59 Å². The molecular weight excluding hydrogens is 378 g/mol. The Morgan fingerprint density at radius 1 is 1.18 bits per heavy atom. The number of thioether (sulfide) groups is 1. The number of ether oxygens (including phenoxy) is 1. The quantitative estimate of drug-likeness (QED) is 0.708. The summed E-state index contributed by atoms with van der Waals surface area (Å²) >= 11 is 1.76. The van der Waals surface area contributed by atoms with E-state index in [0.29, 0.717) is 11.5 Å². The third-order valence-corrected chi connectivity index (χ3v) is 5.49. The lowest BCUT2D eigenvalue weighted by atomic mass is 10.1.